The molecule has 2 N–H and O–H groups in total. The zero-order valence-electron chi connectivity index (χ0n) is 20.7. The molecule has 1 unspecified atom stereocenters. The first-order valence-corrected chi connectivity index (χ1v) is 11.9. The van der Waals surface area contributed by atoms with Crippen molar-refractivity contribution in [2.45, 2.75) is 13.0 Å². The largest absolute Gasteiger partial charge is 0.487 e. The lowest BCUT2D eigenvalue weighted by Crippen LogP contribution is -2.45. The Hall–Kier alpha value is -4.19. The second kappa shape index (κ2) is 9.69. The van der Waals surface area contributed by atoms with E-state index in [4.69, 9.17) is 9.47 Å². The van der Waals surface area contributed by atoms with Crippen molar-refractivity contribution in [3.05, 3.63) is 57.8 Å². The first-order valence-electron chi connectivity index (χ1n) is 11.9. The summed E-state index contributed by atoms with van der Waals surface area (Å²) in [5.41, 5.74) is 5.05. The lowest BCUT2D eigenvalue weighted by molar-refractivity contribution is 0.0601. The molecule has 5 rings (SSSR count). The summed E-state index contributed by atoms with van der Waals surface area (Å²) in [5, 5.41) is 0.0534. The van der Waals surface area contributed by atoms with E-state index in [1.54, 1.807) is 10.6 Å². The average molecular weight is 511 g/mol. The molecule has 1 fully saturated rings. The summed E-state index contributed by atoms with van der Waals surface area (Å²) in [6.45, 7) is 4.96. The number of halogens is 1. The first kappa shape index (κ1) is 24.5. The number of likely N-dealkylation sites (N-methyl/N-ethyl adjacent to an activating group) is 1. The number of nitrogens with zero attached hydrogens (tertiary/aromatic N) is 4. The van der Waals surface area contributed by atoms with Gasteiger partial charge >= 0.3 is 5.97 Å². The molecule has 2 aliphatic rings. The Bertz CT molecular complexity index is 1450. The molecule has 0 aliphatic carbocycles. The second-order valence-corrected chi connectivity index (χ2v) is 9.13. The van der Waals surface area contributed by atoms with Gasteiger partial charge in [-0.1, -0.05) is 0 Å². The van der Waals surface area contributed by atoms with Crippen LogP contribution in [0.25, 0.3) is 10.9 Å². The maximum Gasteiger partial charge on any atom is 0.341 e. The molecule has 0 bridgehead atoms. The van der Waals surface area contributed by atoms with Gasteiger partial charge in [0.2, 0.25) is 5.43 Å². The van der Waals surface area contributed by atoms with Gasteiger partial charge in [-0.3, -0.25) is 20.4 Å². The third-order valence-corrected chi connectivity index (χ3v) is 6.71. The lowest BCUT2D eigenvalue weighted by Gasteiger charge is -2.37. The molecule has 2 aromatic heterocycles. The SMILES string of the molecule is COC(=O)c1cccnc1NNC(=O)c1cn2c3c(c(N4CCN(C)CC4)c(F)cc3c1=O)OCC2C. The van der Waals surface area contributed by atoms with E-state index >= 15 is 4.39 Å². The number of piperazine rings is 1. The fourth-order valence-electron chi connectivity index (χ4n) is 4.66. The summed E-state index contributed by atoms with van der Waals surface area (Å²) in [5.74, 6) is -1.61. The van der Waals surface area contributed by atoms with Crippen molar-refractivity contribution in [3.63, 3.8) is 0 Å². The molecule has 37 heavy (non-hydrogen) atoms. The van der Waals surface area contributed by atoms with Crippen molar-refractivity contribution in [1.29, 1.82) is 0 Å². The smallest absolute Gasteiger partial charge is 0.341 e. The van der Waals surface area contributed by atoms with Gasteiger partial charge in [0.25, 0.3) is 5.91 Å². The maximum atomic E-state index is 15.5. The van der Waals surface area contributed by atoms with Crippen LogP contribution in [0.5, 0.6) is 5.75 Å². The van der Waals surface area contributed by atoms with Gasteiger partial charge in [-0.25, -0.2) is 14.2 Å². The number of hydrazine groups is 1. The number of anilines is 2. The summed E-state index contributed by atoms with van der Waals surface area (Å²) in [6, 6.07) is 4.01. The minimum absolute atomic E-state index is 0.0526. The lowest BCUT2D eigenvalue weighted by atomic mass is 10.0. The van der Waals surface area contributed by atoms with Crippen LogP contribution < -0.4 is 25.9 Å². The quantitative estimate of drug-likeness (QED) is 0.391. The van der Waals surface area contributed by atoms with Gasteiger partial charge < -0.3 is 23.8 Å². The number of carbonyl (C=O) groups excluding carboxylic acids is 2. The van der Waals surface area contributed by atoms with Crippen molar-refractivity contribution in [2.75, 3.05) is 57.3 Å². The van der Waals surface area contributed by atoms with Gasteiger partial charge in [0.05, 0.1) is 24.1 Å². The van der Waals surface area contributed by atoms with Crippen LogP contribution in [0, 0.1) is 5.82 Å². The second-order valence-electron chi connectivity index (χ2n) is 9.13. The number of rotatable bonds is 5. The molecule has 0 saturated carbocycles. The Morgan fingerprint density at radius 3 is 2.70 bits per heavy atom. The number of aromatic nitrogens is 2. The summed E-state index contributed by atoms with van der Waals surface area (Å²) < 4.78 is 28.0. The number of hydrogen-bond acceptors (Lipinski definition) is 9. The van der Waals surface area contributed by atoms with Crippen LogP contribution in [0.1, 0.15) is 33.7 Å². The number of pyridine rings is 2. The number of methoxy groups -OCH3 is 1. The zero-order valence-corrected chi connectivity index (χ0v) is 20.7. The van der Waals surface area contributed by atoms with Gasteiger partial charge in [0.1, 0.15) is 23.4 Å². The van der Waals surface area contributed by atoms with Gasteiger partial charge in [0, 0.05) is 38.6 Å². The Labute approximate surface area is 211 Å². The highest BCUT2D eigenvalue weighted by molar-refractivity contribution is 6.01. The summed E-state index contributed by atoms with van der Waals surface area (Å²) >= 11 is 0. The Morgan fingerprint density at radius 2 is 1.97 bits per heavy atom. The van der Waals surface area contributed by atoms with Crippen LogP contribution in [0.2, 0.25) is 0 Å². The average Bonchev–Trinajstić information content (AvgIpc) is 2.90. The highest BCUT2D eigenvalue weighted by Crippen LogP contribution is 2.42. The van der Waals surface area contributed by atoms with Crippen LogP contribution in [-0.4, -0.2) is 73.3 Å². The minimum atomic E-state index is -0.763. The number of benzene rings is 1. The normalized spacial score (nSPS) is 17.3. The van der Waals surface area contributed by atoms with E-state index in [0.29, 0.717) is 30.0 Å². The Balaban J connectivity index is 1.53. The highest BCUT2D eigenvalue weighted by Gasteiger charge is 2.31. The van der Waals surface area contributed by atoms with Crippen molar-refractivity contribution in [2.24, 2.45) is 0 Å². The molecule has 4 heterocycles. The number of nitrogens with one attached hydrogen (secondary N) is 2. The molecular formula is C25H27FN6O5. The molecular weight excluding hydrogens is 483 g/mol. The molecule has 0 radical (unpaired) electrons. The van der Waals surface area contributed by atoms with Crippen LogP contribution >= 0.6 is 0 Å². The van der Waals surface area contributed by atoms with Crippen LogP contribution in [0.4, 0.5) is 15.9 Å². The molecule has 1 amide bonds. The van der Waals surface area contributed by atoms with Gasteiger partial charge in [0.15, 0.2) is 17.4 Å². The van der Waals surface area contributed by atoms with Crippen molar-refractivity contribution < 1.29 is 23.5 Å². The molecule has 1 saturated heterocycles. The van der Waals surface area contributed by atoms with E-state index in [1.165, 1.54) is 31.6 Å². The monoisotopic (exact) mass is 510 g/mol. The topological polar surface area (TPSA) is 118 Å². The molecule has 0 spiro atoms. The number of hydrogen-bond donors (Lipinski definition) is 2. The molecule has 12 heteroatoms. The summed E-state index contributed by atoms with van der Waals surface area (Å²) in [6.07, 6.45) is 2.89. The fourth-order valence-corrected chi connectivity index (χ4v) is 4.66. The van der Waals surface area contributed by atoms with Crippen LogP contribution in [0.3, 0.4) is 0 Å². The van der Waals surface area contributed by atoms with Crippen molar-refractivity contribution >= 4 is 34.3 Å². The molecule has 1 atom stereocenters. The Morgan fingerprint density at radius 1 is 1.22 bits per heavy atom. The van der Waals surface area contributed by atoms with Crippen molar-refractivity contribution in [1.82, 2.24) is 19.9 Å². The first-order chi connectivity index (χ1) is 17.8. The standard InChI is InChI=1S/C25H27FN6O5/c1-14-13-37-22-19-16(11-18(26)20(22)31-9-7-30(2)8-10-31)21(33)17(12-32(14)19)24(34)29-28-23-15(25(35)36-3)5-4-6-27-23/h4-6,11-12,14H,7-10,13H2,1-3H3,(H,27,28)(H,29,34). The number of esters is 1. The van der Waals surface area contributed by atoms with E-state index in [2.05, 4.69) is 20.7 Å². The van der Waals surface area contributed by atoms with Crippen LogP contribution in [0.15, 0.2) is 35.4 Å². The number of carbonyl (C=O) groups is 2. The molecule has 11 nitrogen and oxygen atoms in total. The third-order valence-electron chi connectivity index (χ3n) is 6.71. The molecule has 3 aromatic rings. The van der Waals surface area contributed by atoms with E-state index in [9.17, 15) is 14.4 Å². The van der Waals surface area contributed by atoms with E-state index < -0.39 is 23.1 Å². The minimum Gasteiger partial charge on any atom is -0.487 e. The summed E-state index contributed by atoms with van der Waals surface area (Å²) in [4.78, 5) is 46.6. The van der Waals surface area contributed by atoms with Crippen molar-refractivity contribution in [3.8, 4) is 5.75 Å². The molecule has 1 aromatic carbocycles. The van der Waals surface area contributed by atoms with E-state index in [1.807, 2.05) is 18.9 Å². The Kier molecular flexibility index (Phi) is 6.42. The maximum absolute atomic E-state index is 15.5. The van der Waals surface area contributed by atoms with E-state index in [-0.39, 0.29) is 35.0 Å². The van der Waals surface area contributed by atoms with Crippen LogP contribution in [-0.2, 0) is 4.74 Å². The number of amides is 1. The van der Waals surface area contributed by atoms with Gasteiger partial charge in [-0.05, 0) is 32.2 Å². The molecule has 2 aliphatic heterocycles. The van der Waals surface area contributed by atoms with E-state index in [0.717, 1.165) is 13.1 Å². The zero-order chi connectivity index (χ0) is 26.3. The predicted molar refractivity (Wildman–Crippen MR) is 135 cm³/mol. The third kappa shape index (κ3) is 4.33. The number of ether oxygens (including phenoxy) is 2. The molecule has 194 valence electrons. The predicted octanol–water partition coefficient (Wildman–Crippen LogP) is 1.78. The highest BCUT2D eigenvalue weighted by atomic mass is 19.1. The van der Waals surface area contributed by atoms with Gasteiger partial charge in [-0.2, -0.15) is 0 Å². The van der Waals surface area contributed by atoms with Gasteiger partial charge in [-0.15, -0.1) is 0 Å². The fraction of sp³-hybridized carbons (Fsp3) is 0.360. The summed E-state index contributed by atoms with van der Waals surface area (Å²) in [7, 11) is 3.24.